The van der Waals surface area contributed by atoms with Crippen molar-refractivity contribution < 1.29 is 18.6 Å². The average molecular weight is 293 g/mol. The van der Waals surface area contributed by atoms with Gasteiger partial charge in [0, 0.05) is 24.1 Å². The molecule has 2 aromatic rings. The number of benzene rings is 2. The van der Waals surface area contributed by atoms with E-state index in [0.29, 0.717) is 11.3 Å². The van der Waals surface area contributed by atoms with Gasteiger partial charge in [0.05, 0.1) is 13.2 Å². The van der Waals surface area contributed by atoms with Crippen molar-refractivity contribution in [2.45, 2.75) is 12.0 Å². The maximum absolute atomic E-state index is 14.0. The molecular weight excluding hydrogens is 276 g/mol. The third kappa shape index (κ3) is 3.37. The summed E-state index contributed by atoms with van der Waals surface area (Å²) in [5.41, 5.74) is 6.48. The summed E-state index contributed by atoms with van der Waals surface area (Å²) in [4.78, 5) is 0. The summed E-state index contributed by atoms with van der Waals surface area (Å²) in [7, 11) is 1.44. The van der Waals surface area contributed by atoms with Crippen LogP contribution in [0.2, 0.25) is 0 Å². The van der Waals surface area contributed by atoms with E-state index in [1.54, 1.807) is 6.07 Å². The molecule has 0 aliphatic carbocycles. The normalized spacial score (nSPS) is 13.8. The number of aliphatic hydroxyl groups excluding tert-OH is 1. The summed E-state index contributed by atoms with van der Waals surface area (Å²) in [6.07, 6.45) is -1.12. The summed E-state index contributed by atoms with van der Waals surface area (Å²) in [5, 5.41) is 10.4. The zero-order valence-corrected chi connectivity index (χ0v) is 11.6. The van der Waals surface area contributed by atoms with E-state index < -0.39 is 17.8 Å². The Balaban J connectivity index is 2.31. The standard InChI is InChI=1S/C16H17F2NO2/c1-21-12-6-7-13(15(18)8-12)16(20)14(9-19)10-2-4-11(17)5-3-10/h2-8,14,16,20H,9,19H2,1H3. The minimum atomic E-state index is -1.12. The Hall–Kier alpha value is -1.98. The molecule has 0 aromatic heterocycles. The molecule has 0 aliphatic rings. The third-order valence-corrected chi connectivity index (χ3v) is 3.46. The lowest BCUT2D eigenvalue weighted by Crippen LogP contribution is -2.21. The van der Waals surface area contributed by atoms with Gasteiger partial charge in [-0.15, -0.1) is 0 Å². The Morgan fingerprint density at radius 1 is 1.14 bits per heavy atom. The van der Waals surface area contributed by atoms with Gasteiger partial charge in [-0.1, -0.05) is 12.1 Å². The molecule has 21 heavy (non-hydrogen) atoms. The van der Waals surface area contributed by atoms with E-state index in [-0.39, 0.29) is 17.9 Å². The Bertz CT molecular complexity index is 602. The van der Waals surface area contributed by atoms with Crippen LogP contribution >= 0.6 is 0 Å². The second-order valence-electron chi connectivity index (χ2n) is 4.73. The van der Waals surface area contributed by atoms with E-state index in [2.05, 4.69) is 0 Å². The third-order valence-electron chi connectivity index (χ3n) is 3.46. The van der Waals surface area contributed by atoms with Crippen molar-refractivity contribution in [2.24, 2.45) is 5.73 Å². The maximum atomic E-state index is 14.0. The molecule has 3 nitrogen and oxygen atoms in total. The van der Waals surface area contributed by atoms with E-state index in [1.807, 2.05) is 0 Å². The second-order valence-corrected chi connectivity index (χ2v) is 4.73. The summed E-state index contributed by atoms with van der Waals surface area (Å²) >= 11 is 0. The lowest BCUT2D eigenvalue weighted by atomic mass is 9.89. The molecule has 0 heterocycles. The predicted molar refractivity (Wildman–Crippen MR) is 76.1 cm³/mol. The molecule has 0 fully saturated rings. The highest BCUT2D eigenvalue weighted by Crippen LogP contribution is 2.32. The van der Waals surface area contributed by atoms with Crippen molar-refractivity contribution >= 4 is 0 Å². The van der Waals surface area contributed by atoms with Gasteiger partial charge in [-0.25, -0.2) is 8.78 Å². The highest BCUT2D eigenvalue weighted by atomic mass is 19.1. The average Bonchev–Trinajstić information content (AvgIpc) is 2.49. The van der Waals surface area contributed by atoms with Gasteiger partial charge in [0.1, 0.15) is 17.4 Å². The van der Waals surface area contributed by atoms with Crippen LogP contribution in [-0.2, 0) is 0 Å². The van der Waals surface area contributed by atoms with Crippen LogP contribution in [0, 0.1) is 11.6 Å². The monoisotopic (exact) mass is 293 g/mol. The number of ether oxygens (including phenoxy) is 1. The summed E-state index contributed by atoms with van der Waals surface area (Å²) in [5.74, 6) is -1.09. The van der Waals surface area contributed by atoms with E-state index in [9.17, 15) is 13.9 Å². The molecule has 5 heteroatoms. The number of halogens is 2. The zero-order valence-electron chi connectivity index (χ0n) is 11.6. The SMILES string of the molecule is COc1ccc(C(O)C(CN)c2ccc(F)cc2)c(F)c1. The van der Waals surface area contributed by atoms with Crippen molar-refractivity contribution in [3.63, 3.8) is 0 Å². The van der Waals surface area contributed by atoms with E-state index in [4.69, 9.17) is 10.5 Å². The van der Waals surface area contributed by atoms with Crippen LogP contribution in [0.15, 0.2) is 42.5 Å². The quantitative estimate of drug-likeness (QED) is 0.891. The van der Waals surface area contributed by atoms with Gasteiger partial charge in [-0.3, -0.25) is 0 Å². The molecule has 0 saturated heterocycles. The van der Waals surface area contributed by atoms with Crippen LogP contribution < -0.4 is 10.5 Å². The van der Waals surface area contributed by atoms with Gasteiger partial charge in [0.25, 0.3) is 0 Å². The number of methoxy groups -OCH3 is 1. The van der Waals surface area contributed by atoms with Gasteiger partial charge in [0.15, 0.2) is 0 Å². The van der Waals surface area contributed by atoms with Crippen LogP contribution in [0.25, 0.3) is 0 Å². The first kappa shape index (κ1) is 15.4. The molecule has 2 aromatic carbocycles. The fourth-order valence-electron chi connectivity index (χ4n) is 2.25. The number of nitrogens with two attached hydrogens (primary N) is 1. The molecule has 2 rings (SSSR count). The molecule has 0 bridgehead atoms. The molecule has 0 radical (unpaired) electrons. The first-order valence-corrected chi connectivity index (χ1v) is 6.54. The molecule has 3 N–H and O–H groups in total. The summed E-state index contributed by atoms with van der Waals surface area (Å²) in [6.45, 7) is 0.109. The van der Waals surface area contributed by atoms with Gasteiger partial charge in [0.2, 0.25) is 0 Å². The lowest BCUT2D eigenvalue weighted by Gasteiger charge is -2.23. The largest absolute Gasteiger partial charge is 0.497 e. The predicted octanol–water partition coefficient (Wildman–Crippen LogP) is 2.75. The molecule has 0 amide bonds. The Morgan fingerprint density at radius 3 is 2.33 bits per heavy atom. The van der Waals surface area contributed by atoms with E-state index >= 15 is 0 Å². The number of rotatable bonds is 5. The first-order chi connectivity index (χ1) is 10.1. The maximum Gasteiger partial charge on any atom is 0.132 e. The van der Waals surface area contributed by atoms with Crippen molar-refractivity contribution in [3.05, 3.63) is 65.2 Å². The van der Waals surface area contributed by atoms with Crippen LogP contribution in [0.3, 0.4) is 0 Å². The van der Waals surface area contributed by atoms with Crippen LogP contribution in [-0.4, -0.2) is 18.8 Å². The molecule has 2 unspecified atom stereocenters. The Kier molecular flexibility index (Phi) is 4.88. The van der Waals surface area contributed by atoms with Crippen LogP contribution in [0.4, 0.5) is 8.78 Å². The highest BCUT2D eigenvalue weighted by molar-refractivity contribution is 5.33. The van der Waals surface area contributed by atoms with Crippen molar-refractivity contribution in [3.8, 4) is 5.75 Å². The molecule has 0 aliphatic heterocycles. The number of hydrogen-bond donors (Lipinski definition) is 2. The minimum absolute atomic E-state index is 0.109. The van der Waals surface area contributed by atoms with Crippen molar-refractivity contribution in [1.82, 2.24) is 0 Å². The van der Waals surface area contributed by atoms with E-state index in [0.717, 1.165) is 0 Å². The molecule has 0 saturated carbocycles. The van der Waals surface area contributed by atoms with Crippen LogP contribution in [0.1, 0.15) is 23.1 Å². The number of aliphatic hydroxyl groups is 1. The second kappa shape index (κ2) is 6.65. The summed E-state index contributed by atoms with van der Waals surface area (Å²) < 4.78 is 31.9. The van der Waals surface area contributed by atoms with Gasteiger partial charge in [-0.05, 0) is 29.8 Å². The fraction of sp³-hybridized carbons (Fsp3) is 0.250. The minimum Gasteiger partial charge on any atom is -0.497 e. The number of hydrogen-bond acceptors (Lipinski definition) is 3. The fourth-order valence-corrected chi connectivity index (χ4v) is 2.25. The van der Waals surface area contributed by atoms with Gasteiger partial charge in [-0.2, -0.15) is 0 Å². The Labute approximate surface area is 122 Å². The molecule has 2 atom stereocenters. The smallest absolute Gasteiger partial charge is 0.132 e. The van der Waals surface area contributed by atoms with Gasteiger partial charge < -0.3 is 15.6 Å². The van der Waals surface area contributed by atoms with Gasteiger partial charge >= 0.3 is 0 Å². The van der Waals surface area contributed by atoms with Crippen molar-refractivity contribution in [2.75, 3.05) is 13.7 Å². The van der Waals surface area contributed by atoms with Crippen LogP contribution in [0.5, 0.6) is 5.75 Å². The Morgan fingerprint density at radius 2 is 1.81 bits per heavy atom. The first-order valence-electron chi connectivity index (χ1n) is 6.54. The summed E-state index contributed by atoms with van der Waals surface area (Å²) in [6, 6.07) is 9.89. The van der Waals surface area contributed by atoms with E-state index in [1.165, 1.54) is 43.5 Å². The topological polar surface area (TPSA) is 55.5 Å². The molecular formula is C16H17F2NO2. The highest BCUT2D eigenvalue weighted by Gasteiger charge is 2.24. The molecule has 0 spiro atoms. The lowest BCUT2D eigenvalue weighted by molar-refractivity contribution is 0.143. The zero-order chi connectivity index (χ0) is 15.4. The molecule has 112 valence electrons. The van der Waals surface area contributed by atoms with Crippen molar-refractivity contribution in [1.29, 1.82) is 0 Å².